The molecule has 3 N–H and O–H groups in total. The lowest BCUT2D eigenvalue weighted by atomic mass is 9.94. The maximum atomic E-state index is 11.9. The first-order valence-electron chi connectivity index (χ1n) is 6.15. The molecule has 0 saturated carbocycles. The molecule has 0 aromatic heterocycles. The number of benzene rings is 1. The van der Waals surface area contributed by atoms with Crippen LogP contribution in [0.5, 0.6) is 0 Å². The maximum Gasteiger partial charge on any atom is 0.239 e. The van der Waals surface area contributed by atoms with Crippen molar-refractivity contribution in [1.29, 1.82) is 0 Å². The molecule has 0 saturated heterocycles. The molecule has 0 aliphatic rings. The second kappa shape index (κ2) is 8.47. The second-order valence-electron chi connectivity index (χ2n) is 5.20. The highest BCUT2D eigenvalue weighted by Crippen LogP contribution is 2.20. The van der Waals surface area contributed by atoms with Crippen LogP contribution in [0.4, 0.5) is 0 Å². The lowest BCUT2D eigenvalue weighted by Gasteiger charge is -2.28. The quantitative estimate of drug-likeness (QED) is 0.844. The van der Waals surface area contributed by atoms with Gasteiger partial charge in [-0.25, -0.2) is 0 Å². The number of rotatable bonds is 6. The first-order chi connectivity index (χ1) is 8.85. The molecule has 0 heterocycles. The molecular formula is C14H22Cl2N2O2. The van der Waals surface area contributed by atoms with Crippen LogP contribution in [-0.2, 0) is 16.0 Å². The van der Waals surface area contributed by atoms with Crippen molar-refractivity contribution in [3.8, 4) is 0 Å². The summed E-state index contributed by atoms with van der Waals surface area (Å²) in [7, 11) is 1.52. The normalized spacial score (nSPS) is 12.4. The summed E-state index contributed by atoms with van der Waals surface area (Å²) < 4.78 is 4.87. The van der Waals surface area contributed by atoms with E-state index >= 15 is 0 Å². The zero-order valence-corrected chi connectivity index (χ0v) is 13.6. The van der Waals surface area contributed by atoms with Gasteiger partial charge in [-0.3, -0.25) is 4.79 Å². The van der Waals surface area contributed by atoms with E-state index < -0.39 is 11.6 Å². The Labute approximate surface area is 131 Å². The summed E-state index contributed by atoms with van der Waals surface area (Å²) in [6.07, 6.45) is 0.637. The number of halogens is 2. The van der Waals surface area contributed by atoms with Crippen molar-refractivity contribution in [2.24, 2.45) is 5.73 Å². The lowest BCUT2D eigenvalue weighted by molar-refractivity contribution is -0.125. The van der Waals surface area contributed by atoms with Gasteiger partial charge in [0.25, 0.3) is 0 Å². The summed E-state index contributed by atoms with van der Waals surface area (Å²) in [5.74, 6) is -0.223. The summed E-state index contributed by atoms with van der Waals surface area (Å²) >= 11 is 6.12. The highest BCUT2D eigenvalue weighted by atomic mass is 35.5. The number of hydrogen-bond donors (Lipinski definition) is 2. The molecule has 0 spiro atoms. The number of ether oxygens (including phenoxy) is 1. The molecule has 6 heteroatoms. The van der Waals surface area contributed by atoms with Crippen molar-refractivity contribution in [2.45, 2.75) is 31.8 Å². The number of amides is 1. The van der Waals surface area contributed by atoms with Crippen molar-refractivity contribution in [3.05, 3.63) is 34.9 Å². The molecule has 1 atom stereocenters. The molecule has 114 valence electrons. The van der Waals surface area contributed by atoms with Gasteiger partial charge in [-0.15, -0.1) is 12.4 Å². The Morgan fingerprint density at radius 1 is 1.45 bits per heavy atom. The van der Waals surface area contributed by atoms with Crippen molar-refractivity contribution >= 4 is 29.9 Å². The standard InChI is InChI=1S/C14H21ClN2O2.ClH/c1-14(2,17-13(18)12(16)9-19-3)8-10-6-4-5-7-11(10)15;/h4-7,12H,8-9,16H2,1-3H3,(H,17,18);1H. The molecule has 0 fully saturated rings. The molecule has 20 heavy (non-hydrogen) atoms. The number of nitrogens with one attached hydrogen (secondary N) is 1. The van der Waals surface area contributed by atoms with Crippen molar-refractivity contribution in [2.75, 3.05) is 13.7 Å². The van der Waals surface area contributed by atoms with Crippen LogP contribution in [-0.4, -0.2) is 31.2 Å². The predicted octanol–water partition coefficient (Wildman–Crippen LogP) is 2.17. The zero-order valence-electron chi connectivity index (χ0n) is 12.0. The van der Waals surface area contributed by atoms with E-state index in [0.29, 0.717) is 11.4 Å². The van der Waals surface area contributed by atoms with Gasteiger partial charge in [0.15, 0.2) is 0 Å². The van der Waals surface area contributed by atoms with Gasteiger partial charge in [0.1, 0.15) is 6.04 Å². The fourth-order valence-corrected chi connectivity index (χ4v) is 2.05. The largest absolute Gasteiger partial charge is 0.383 e. The van der Waals surface area contributed by atoms with Crippen LogP contribution >= 0.6 is 24.0 Å². The Kier molecular flexibility index (Phi) is 8.13. The number of methoxy groups -OCH3 is 1. The van der Waals surface area contributed by atoms with Crippen LogP contribution in [0.15, 0.2) is 24.3 Å². The van der Waals surface area contributed by atoms with E-state index in [4.69, 9.17) is 22.1 Å². The van der Waals surface area contributed by atoms with Gasteiger partial charge in [-0.05, 0) is 31.9 Å². The molecule has 0 bridgehead atoms. The van der Waals surface area contributed by atoms with Gasteiger partial charge in [0.05, 0.1) is 6.61 Å². The van der Waals surface area contributed by atoms with Crippen LogP contribution in [0, 0.1) is 0 Å². The van der Waals surface area contributed by atoms with Gasteiger partial charge < -0.3 is 15.8 Å². The van der Waals surface area contributed by atoms with Gasteiger partial charge in [0.2, 0.25) is 5.91 Å². The molecular weight excluding hydrogens is 299 g/mol. The van der Waals surface area contributed by atoms with Gasteiger partial charge in [0, 0.05) is 17.7 Å². The molecule has 1 unspecified atom stereocenters. The number of carbonyl (C=O) groups excluding carboxylic acids is 1. The van der Waals surface area contributed by atoms with E-state index in [0.717, 1.165) is 5.56 Å². The summed E-state index contributed by atoms with van der Waals surface area (Å²) in [6, 6.07) is 6.94. The third-order valence-corrected chi connectivity index (χ3v) is 3.10. The van der Waals surface area contributed by atoms with E-state index in [1.165, 1.54) is 7.11 Å². The molecule has 1 aromatic carbocycles. The van der Waals surface area contributed by atoms with E-state index in [1.807, 2.05) is 38.1 Å². The van der Waals surface area contributed by atoms with Crippen molar-refractivity contribution in [3.63, 3.8) is 0 Å². The monoisotopic (exact) mass is 320 g/mol. The van der Waals surface area contributed by atoms with Crippen LogP contribution < -0.4 is 11.1 Å². The van der Waals surface area contributed by atoms with Crippen LogP contribution in [0.25, 0.3) is 0 Å². The Bertz CT molecular complexity index is 439. The van der Waals surface area contributed by atoms with Crippen LogP contribution in [0.2, 0.25) is 5.02 Å². The fraction of sp³-hybridized carbons (Fsp3) is 0.500. The predicted molar refractivity (Wildman–Crippen MR) is 84.5 cm³/mol. The highest BCUT2D eigenvalue weighted by Gasteiger charge is 2.24. The van der Waals surface area contributed by atoms with E-state index in [2.05, 4.69) is 5.32 Å². The minimum Gasteiger partial charge on any atom is -0.383 e. The lowest BCUT2D eigenvalue weighted by Crippen LogP contribution is -2.52. The first kappa shape index (κ1) is 19.2. The average molecular weight is 321 g/mol. The first-order valence-corrected chi connectivity index (χ1v) is 6.53. The minimum atomic E-state index is -0.657. The Morgan fingerprint density at radius 3 is 2.60 bits per heavy atom. The number of nitrogens with two attached hydrogens (primary N) is 1. The summed E-state index contributed by atoms with van der Waals surface area (Å²) in [5.41, 5.74) is 6.27. The van der Waals surface area contributed by atoms with Gasteiger partial charge in [-0.2, -0.15) is 0 Å². The third-order valence-electron chi connectivity index (χ3n) is 2.73. The van der Waals surface area contributed by atoms with E-state index in [-0.39, 0.29) is 24.9 Å². The zero-order chi connectivity index (χ0) is 14.5. The van der Waals surface area contributed by atoms with Gasteiger partial charge in [-0.1, -0.05) is 29.8 Å². The smallest absolute Gasteiger partial charge is 0.239 e. The Morgan fingerprint density at radius 2 is 2.05 bits per heavy atom. The summed E-state index contributed by atoms with van der Waals surface area (Å²) in [6.45, 7) is 4.08. The molecule has 0 aliphatic carbocycles. The Hall–Kier alpha value is -0.810. The number of carbonyl (C=O) groups is 1. The minimum absolute atomic E-state index is 0. The van der Waals surface area contributed by atoms with Crippen molar-refractivity contribution in [1.82, 2.24) is 5.32 Å². The van der Waals surface area contributed by atoms with Gasteiger partial charge >= 0.3 is 0 Å². The Balaban J connectivity index is 0.00000361. The third kappa shape index (κ3) is 6.09. The molecule has 1 amide bonds. The van der Waals surface area contributed by atoms with E-state index in [9.17, 15) is 4.79 Å². The van der Waals surface area contributed by atoms with Crippen molar-refractivity contribution < 1.29 is 9.53 Å². The molecule has 0 radical (unpaired) electrons. The molecule has 1 aromatic rings. The highest BCUT2D eigenvalue weighted by molar-refractivity contribution is 6.31. The number of hydrogen-bond acceptors (Lipinski definition) is 3. The van der Waals surface area contributed by atoms with E-state index in [1.54, 1.807) is 0 Å². The SMILES string of the molecule is COCC(N)C(=O)NC(C)(C)Cc1ccccc1Cl.Cl. The topological polar surface area (TPSA) is 64.3 Å². The second-order valence-corrected chi connectivity index (χ2v) is 5.61. The average Bonchev–Trinajstić information content (AvgIpc) is 2.31. The fourth-order valence-electron chi connectivity index (χ4n) is 1.84. The molecule has 4 nitrogen and oxygen atoms in total. The van der Waals surface area contributed by atoms with Crippen LogP contribution in [0.1, 0.15) is 19.4 Å². The maximum absolute atomic E-state index is 11.9. The summed E-state index contributed by atoms with van der Waals surface area (Å²) in [4.78, 5) is 11.9. The molecule has 1 rings (SSSR count). The molecule has 0 aliphatic heterocycles. The summed E-state index contributed by atoms with van der Waals surface area (Å²) in [5, 5.41) is 3.61. The van der Waals surface area contributed by atoms with Crippen LogP contribution in [0.3, 0.4) is 0 Å².